The molecule has 7 heteroatoms. The molecule has 5 nitrogen and oxygen atoms in total. The van der Waals surface area contributed by atoms with Gasteiger partial charge in [0.25, 0.3) is 0 Å². The molecule has 0 spiro atoms. The molecule has 2 aliphatic heterocycles. The van der Waals surface area contributed by atoms with Crippen LogP contribution in [-0.2, 0) is 0 Å². The first-order chi connectivity index (χ1) is 17.0. The Kier molecular flexibility index (Phi) is 6.79. The van der Waals surface area contributed by atoms with Crippen molar-refractivity contribution in [2.45, 2.75) is 30.8 Å². The van der Waals surface area contributed by atoms with Crippen molar-refractivity contribution in [1.29, 1.82) is 0 Å². The van der Waals surface area contributed by atoms with Gasteiger partial charge in [0.15, 0.2) is 0 Å². The average Bonchev–Trinajstić information content (AvgIpc) is 2.85. The van der Waals surface area contributed by atoms with Crippen LogP contribution in [0, 0.1) is 11.6 Å². The monoisotopic (exact) mass is 477 g/mol. The summed E-state index contributed by atoms with van der Waals surface area (Å²) in [6.07, 6.45) is 1.82. The van der Waals surface area contributed by atoms with E-state index in [1.807, 2.05) is 35.2 Å². The first-order valence-corrected chi connectivity index (χ1v) is 12.1. The molecular weight excluding hydrogens is 448 g/mol. The molecule has 0 unspecified atom stereocenters. The molecule has 0 aromatic heterocycles. The van der Waals surface area contributed by atoms with Gasteiger partial charge < -0.3 is 15.3 Å². The molecule has 2 N–H and O–H groups in total. The normalized spacial score (nSPS) is 22.5. The molecule has 2 aliphatic rings. The zero-order chi connectivity index (χ0) is 24.4. The molecule has 2 saturated heterocycles. The second-order valence-electron chi connectivity index (χ2n) is 9.30. The zero-order valence-corrected chi connectivity index (χ0v) is 19.4. The lowest BCUT2D eigenvalue weighted by atomic mass is 9.74. The number of anilines is 1. The van der Waals surface area contributed by atoms with Gasteiger partial charge in [0.2, 0.25) is 0 Å². The molecule has 0 aliphatic carbocycles. The van der Waals surface area contributed by atoms with Crippen LogP contribution in [0.3, 0.4) is 0 Å². The summed E-state index contributed by atoms with van der Waals surface area (Å²) < 4.78 is 26.9. The van der Waals surface area contributed by atoms with E-state index in [2.05, 4.69) is 10.2 Å². The van der Waals surface area contributed by atoms with E-state index in [4.69, 9.17) is 0 Å². The summed E-state index contributed by atoms with van der Waals surface area (Å²) in [4.78, 5) is 17.2. The highest BCUT2D eigenvalue weighted by Gasteiger charge is 2.49. The summed E-state index contributed by atoms with van der Waals surface area (Å²) in [6.45, 7) is 2.13. The molecular formula is C28H29F2N3O2. The number of urea groups is 1. The maximum atomic E-state index is 13.6. The molecule has 3 atom stereocenters. The van der Waals surface area contributed by atoms with Crippen molar-refractivity contribution in [2.24, 2.45) is 0 Å². The van der Waals surface area contributed by atoms with Crippen LogP contribution in [0.1, 0.15) is 24.3 Å². The number of aliphatic hydroxyl groups is 1. The molecule has 0 saturated carbocycles. The highest BCUT2D eigenvalue weighted by atomic mass is 19.1. The van der Waals surface area contributed by atoms with Crippen LogP contribution in [0.15, 0.2) is 72.8 Å². The van der Waals surface area contributed by atoms with Crippen molar-refractivity contribution in [2.75, 3.05) is 31.6 Å². The van der Waals surface area contributed by atoms with Crippen molar-refractivity contribution >= 4 is 11.7 Å². The molecule has 2 heterocycles. The van der Waals surface area contributed by atoms with Gasteiger partial charge in [-0.15, -0.1) is 0 Å². The van der Waals surface area contributed by atoms with E-state index in [-0.39, 0.29) is 42.3 Å². The Morgan fingerprint density at radius 1 is 0.914 bits per heavy atom. The van der Waals surface area contributed by atoms with Gasteiger partial charge in [0, 0.05) is 36.8 Å². The smallest absolute Gasteiger partial charge is 0.321 e. The van der Waals surface area contributed by atoms with E-state index in [9.17, 15) is 18.7 Å². The summed E-state index contributed by atoms with van der Waals surface area (Å²) in [7, 11) is 0. The topological polar surface area (TPSA) is 55.8 Å². The average molecular weight is 478 g/mol. The van der Waals surface area contributed by atoms with E-state index in [0.29, 0.717) is 18.8 Å². The summed E-state index contributed by atoms with van der Waals surface area (Å²) >= 11 is 0. The summed E-state index contributed by atoms with van der Waals surface area (Å²) in [5, 5.41) is 13.0. The maximum absolute atomic E-state index is 13.6. The second-order valence-corrected chi connectivity index (χ2v) is 9.30. The first-order valence-electron chi connectivity index (χ1n) is 12.1. The Balaban J connectivity index is 1.34. The lowest BCUT2D eigenvalue weighted by Crippen LogP contribution is -2.68. The highest BCUT2D eigenvalue weighted by molar-refractivity contribution is 5.89. The van der Waals surface area contributed by atoms with Gasteiger partial charge in [-0.1, -0.05) is 36.4 Å². The third-order valence-corrected chi connectivity index (χ3v) is 7.21. The number of benzene rings is 3. The fourth-order valence-electron chi connectivity index (χ4n) is 5.43. The van der Waals surface area contributed by atoms with Crippen LogP contribution < -0.4 is 5.32 Å². The number of carbonyl (C=O) groups excluding carboxylic acids is 1. The zero-order valence-electron chi connectivity index (χ0n) is 19.4. The molecule has 2 fully saturated rings. The van der Waals surface area contributed by atoms with Crippen molar-refractivity contribution in [3.05, 3.63) is 90.0 Å². The largest absolute Gasteiger partial charge is 0.395 e. The van der Waals surface area contributed by atoms with Crippen LogP contribution in [0.2, 0.25) is 0 Å². The number of aliphatic hydroxyl groups excluding tert-OH is 1. The number of carbonyl (C=O) groups is 1. The van der Waals surface area contributed by atoms with Crippen molar-refractivity contribution < 1.29 is 18.7 Å². The van der Waals surface area contributed by atoms with Crippen LogP contribution in [0.4, 0.5) is 19.3 Å². The van der Waals surface area contributed by atoms with Crippen LogP contribution in [-0.4, -0.2) is 59.3 Å². The van der Waals surface area contributed by atoms with Gasteiger partial charge in [-0.25, -0.2) is 13.6 Å². The number of nitrogens with one attached hydrogen (secondary N) is 1. The Labute approximate surface area is 204 Å². The standard InChI is InChI=1S/C28H29F2N3O2/c29-22-10-12-24(13-11-22)31-28(35)32-14-1-2-15-33-25(17-32)27(26(33)18-34)20-8-6-19(7-9-20)21-4-3-5-23(30)16-21/h3-13,16,25-27,34H,1-2,14-15,17-18H2,(H,31,35)/t25-,26+,27+/m1/s1. The van der Waals surface area contributed by atoms with E-state index < -0.39 is 0 Å². The van der Waals surface area contributed by atoms with Crippen molar-refractivity contribution in [3.63, 3.8) is 0 Å². The van der Waals surface area contributed by atoms with E-state index in [1.165, 1.54) is 24.3 Å². The quantitative estimate of drug-likeness (QED) is 0.551. The predicted molar refractivity (Wildman–Crippen MR) is 132 cm³/mol. The second kappa shape index (κ2) is 10.1. The maximum Gasteiger partial charge on any atom is 0.321 e. The van der Waals surface area contributed by atoms with Gasteiger partial charge in [0.05, 0.1) is 6.61 Å². The van der Waals surface area contributed by atoms with Crippen LogP contribution in [0.25, 0.3) is 11.1 Å². The third-order valence-electron chi connectivity index (χ3n) is 7.21. The Morgan fingerprint density at radius 3 is 2.37 bits per heavy atom. The SMILES string of the molecule is O=C(Nc1ccc(F)cc1)N1CCCCN2[C@H](C1)[C@H](c1ccc(-c3cccc(F)c3)cc1)[C@@H]2CO. The van der Waals surface area contributed by atoms with Gasteiger partial charge in [-0.05, 0) is 72.5 Å². The summed E-state index contributed by atoms with van der Waals surface area (Å²) in [5.74, 6) is -0.531. The molecule has 35 heavy (non-hydrogen) atoms. The summed E-state index contributed by atoms with van der Waals surface area (Å²) in [5.41, 5.74) is 3.41. The fraction of sp³-hybridized carbons (Fsp3) is 0.321. The summed E-state index contributed by atoms with van der Waals surface area (Å²) in [6, 6.07) is 20.2. The van der Waals surface area contributed by atoms with E-state index in [1.54, 1.807) is 18.2 Å². The Bertz CT molecular complexity index is 1170. The highest BCUT2D eigenvalue weighted by Crippen LogP contribution is 2.42. The predicted octanol–water partition coefficient (Wildman–Crippen LogP) is 5.09. The number of hydrogen-bond acceptors (Lipinski definition) is 3. The number of hydrogen-bond donors (Lipinski definition) is 2. The lowest BCUT2D eigenvalue weighted by molar-refractivity contribution is -0.0585. The van der Waals surface area contributed by atoms with Crippen LogP contribution >= 0.6 is 0 Å². The molecule has 3 aromatic carbocycles. The number of amides is 2. The minimum Gasteiger partial charge on any atom is -0.395 e. The molecule has 3 aromatic rings. The number of nitrogens with zero attached hydrogens (tertiary/aromatic N) is 2. The Hall–Kier alpha value is -3.29. The van der Waals surface area contributed by atoms with Gasteiger partial charge >= 0.3 is 6.03 Å². The molecule has 0 radical (unpaired) electrons. The molecule has 182 valence electrons. The van der Waals surface area contributed by atoms with E-state index in [0.717, 1.165) is 36.1 Å². The van der Waals surface area contributed by atoms with Crippen molar-refractivity contribution in [1.82, 2.24) is 9.80 Å². The minimum atomic E-state index is -0.347. The molecule has 0 bridgehead atoms. The van der Waals surface area contributed by atoms with Crippen LogP contribution in [0.5, 0.6) is 0 Å². The minimum absolute atomic E-state index is 0.000120. The van der Waals surface area contributed by atoms with Gasteiger partial charge in [-0.2, -0.15) is 0 Å². The Morgan fingerprint density at radius 2 is 1.66 bits per heavy atom. The number of halogens is 2. The fourth-order valence-corrected chi connectivity index (χ4v) is 5.43. The van der Waals surface area contributed by atoms with E-state index >= 15 is 0 Å². The number of fused-ring (bicyclic) bond motifs is 1. The number of rotatable bonds is 4. The van der Waals surface area contributed by atoms with Gasteiger partial charge in [0.1, 0.15) is 11.6 Å². The lowest BCUT2D eigenvalue weighted by Gasteiger charge is -2.57. The van der Waals surface area contributed by atoms with Gasteiger partial charge in [-0.3, -0.25) is 4.90 Å². The third kappa shape index (κ3) is 4.92. The molecule has 2 amide bonds. The first kappa shape index (κ1) is 23.5. The van der Waals surface area contributed by atoms with Crippen molar-refractivity contribution in [3.8, 4) is 11.1 Å². The molecule has 5 rings (SSSR count).